The second kappa shape index (κ2) is 9.17. The lowest BCUT2D eigenvalue weighted by Gasteiger charge is -2.28. The van der Waals surface area contributed by atoms with Crippen molar-refractivity contribution in [1.29, 1.82) is 0 Å². The molecule has 0 amide bonds. The average molecular weight is 458 g/mol. The summed E-state index contributed by atoms with van der Waals surface area (Å²) in [6.45, 7) is 5.05. The molecule has 1 fully saturated rings. The minimum absolute atomic E-state index is 0.136. The lowest BCUT2D eigenvalue weighted by Crippen LogP contribution is -2.43. The van der Waals surface area contributed by atoms with E-state index in [1.165, 1.54) is 18.2 Å². The molecule has 0 aliphatic carbocycles. The zero-order valence-electron chi connectivity index (χ0n) is 17.6. The van der Waals surface area contributed by atoms with Crippen LogP contribution in [0.3, 0.4) is 0 Å². The Labute approximate surface area is 185 Å². The molecule has 0 radical (unpaired) electrons. The van der Waals surface area contributed by atoms with Crippen molar-refractivity contribution in [3.8, 4) is 0 Å². The number of rotatable bonds is 7. The first-order valence-electron chi connectivity index (χ1n) is 10.4. The number of hydrogen-bond acceptors (Lipinski definition) is 7. The van der Waals surface area contributed by atoms with Gasteiger partial charge < -0.3 is 10.2 Å². The number of sulfonamides is 1. The lowest BCUT2D eigenvalue weighted by atomic mass is 10.0. The number of benzene rings is 2. The van der Waals surface area contributed by atoms with Crippen molar-refractivity contribution in [3.63, 3.8) is 0 Å². The van der Waals surface area contributed by atoms with Gasteiger partial charge in [0.25, 0.3) is 0 Å². The molecule has 10 heteroatoms. The van der Waals surface area contributed by atoms with Gasteiger partial charge in [0.1, 0.15) is 5.82 Å². The number of piperazine rings is 1. The van der Waals surface area contributed by atoms with Crippen molar-refractivity contribution < 1.29 is 17.6 Å². The van der Waals surface area contributed by atoms with E-state index >= 15 is 4.39 Å². The molecule has 4 rings (SSSR count). The van der Waals surface area contributed by atoms with Crippen molar-refractivity contribution in [2.75, 3.05) is 41.6 Å². The second-order valence-electron chi connectivity index (χ2n) is 7.59. The Morgan fingerprint density at radius 3 is 2.72 bits per heavy atom. The second-order valence-corrected chi connectivity index (χ2v) is 9.43. The number of fused-ring (bicyclic) bond motifs is 1. The van der Waals surface area contributed by atoms with Crippen LogP contribution in [-0.2, 0) is 10.0 Å². The maximum atomic E-state index is 15.0. The van der Waals surface area contributed by atoms with E-state index in [0.29, 0.717) is 17.5 Å². The molecule has 2 heterocycles. The third-order valence-corrected chi connectivity index (χ3v) is 6.69. The van der Waals surface area contributed by atoms with Gasteiger partial charge in [-0.3, -0.25) is 14.5 Å². The van der Waals surface area contributed by atoms with Crippen LogP contribution in [0.5, 0.6) is 0 Å². The highest BCUT2D eigenvalue weighted by Gasteiger charge is 2.20. The average Bonchev–Trinajstić information content (AvgIpc) is 2.79. The van der Waals surface area contributed by atoms with Gasteiger partial charge in [0.2, 0.25) is 10.0 Å². The SMILES string of the molecule is CCCS(=O)(=O)Nc1cccc(C(=O)c2ccc3ncc(N4CCNCC4)nc3c2)c1F. The Morgan fingerprint density at radius 1 is 1.19 bits per heavy atom. The fraction of sp³-hybridized carbons (Fsp3) is 0.318. The van der Waals surface area contributed by atoms with Gasteiger partial charge in [-0.05, 0) is 36.8 Å². The maximum absolute atomic E-state index is 15.0. The van der Waals surface area contributed by atoms with Crippen LogP contribution in [0, 0.1) is 5.82 Å². The third kappa shape index (κ3) is 4.71. The maximum Gasteiger partial charge on any atom is 0.232 e. The Bertz CT molecular complexity index is 1260. The molecule has 3 aromatic rings. The van der Waals surface area contributed by atoms with Gasteiger partial charge in [-0.15, -0.1) is 0 Å². The van der Waals surface area contributed by atoms with Crippen molar-refractivity contribution in [2.45, 2.75) is 13.3 Å². The molecule has 1 aliphatic rings. The van der Waals surface area contributed by atoms with Gasteiger partial charge in [-0.2, -0.15) is 0 Å². The molecule has 2 N–H and O–H groups in total. The molecular formula is C22H24FN5O3S. The fourth-order valence-electron chi connectivity index (χ4n) is 3.62. The fourth-order valence-corrected chi connectivity index (χ4v) is 4.75. The number of hydrogen-bond donors (Lipinski definition) is 2. The number of carbonyl (C=O) groups is 1. The molecule has 0 atom stereocenters. The Kier molecular flexibility index (Phi) is 6.33. The van der Waals surface area contributed by atoms with Crippen LogP contribution in [0.25, 0.3) is 11.0 Å². The van der Waals surface area contributed by atoms with Crippen LogP contribution in [0.15, 0.2) is 42.6 Å². The number of anilines is 2. The zero-order valence-corrected chi connectivity index (χ0v) is 18.5. The number of halogens is 1. The molecule has 32 heavy (non-hydrogen) atoms. The van der Waals surface area contributed by atoms with Crippen LogP contribution in [0.1, 0.15) is 29.3 Å². The predicted octanol–water partition coefficient (Wildman–Crippen LogP) is 2.56. The minimum Gasteiger partial charge on any atom is -0.353 e. The lowest BCUT2D eigenvalue weighted by molar-refractivity contribution is 0.103. The monoisotopic (exact) mass is 457 g/mol. The zero-order chi connectivity index (χ0) is 22.7. The summed E-state index contributed by atoms with van der Waals surface area (Å²) >= 11 is 0. The van der Waals surface area contributed by atoms with Gasteiger partial charge in [0.05, 0.1) is 34.2 Å². The molecule has 8 nitrogen and oxygen atoms in total. The normalized spacial score (nSPS) is 14.5. The molecule has 0 spiro atoms. The highest BCUT2D eigenvalue weighted by Crippen LogP contribution is 2.24. The van der Waals surface area contributed by atoms with Gasteiger partial charge in [-0.25, -0.2) is 17.8 Å². The molecule has 1 aromatic heterocycles. The van der Waals surface area contributed by atoms with Gasteiger partial charge in [-0.1, -0.05) is 13.0 Å². The highest BCUT2D eigenvalue weighted by molar-refractivity contribution is 7.92. The van der Waals surface area contributed by atoms with E-state index in [0.717, 1.165) is 32.0 Å². The standard InChI is InChI=1S/C22H24FN5O3S/c1-2-12-32(30,31)27-18-5-3-4-16(21(18)23)22(29)15-6-7-17-19(13-15)26-20(14-25-17)28-10-8-24-9-11-28/h3-7,13-14,24,27H,2,8-12H2,1H3. The van der Waals surface area contributed by atoms with E-state index in [2.05, 4.69) is 24.9 Å². The van der Waals surface area contributed by atoms with Crippen molar-refractivity contribution in [1.82, 2.24) is 15.3 Å². The van der Waals surface area contributed by atoms with Crippen LogP contribution >= 0.6 is 0 Å². The smallest absolute Gasteiger partial charge is 0.232 e. The van der Waals surface area contributed by atoms with Crippen LogP contribution in [0.2, 0.25) is 0 Å². The van der Waals surface area contributed by atoms with Gasteiger partial charge in [0.15, 0.2) is 11.6 Å². The Morgan fingerprint density at radius 2 is 1.97 bits per heavy atom. The summed E-state index contributed by atoms with van der Waals surface area (Å²) in [5, 5.41) is 3.28. The number of nitrogens with one attached hydrogen (secondary N) is 2. The van der Waals surface area contributed by atoms with Crippen molar-refractivity contribution in [3.05, 3.63) is 59.5 Å². The van der Waals surface area contributed by atoms with Crippen LogP contribution < -0.4 is 14.9 Å². The predicted molar refractivity (Wildman–Crippen MR) is 122 cm³/mol. The van der Waals surface area contributed by atoms with E-state index in [-0.39, 0.29) is 22.6 Å². The third-order valence-electron chi connectivity index (χ3n) is 5.21. The molecule has 1 saturated heterocycles. The van der Waals surface area contributed by atoms with E-state index in [9.17, 15) is 13.2 Å². The molecule has 0 bridgehead atoms. The van der Waals surface area contributed by atoms with Crippen molar-refractivity contribution >= 4 is 38.3 Å². The summed E-state index contributed by atoms with van der Waals surface area (Å²) in [6.07, 6.45) is 2.10. The Hall–Kier alpha value is -3.11. The molecule has 2 aromatic carbocycles. The first-order chi connectivity index (χ1) is 15.4. The summed E-state index contributed by atoms with van der Waals surface area (Å²) in [7, 11) is -3.69. The van der Waals surface area contributed by atoms with Crippen molar-refractivity contribution in [2.24, 2.45) is 0 Å². The summed E-state index contributed by atoms with van der Waals surface area (Å²) in [5.74, 6) is -0.876. The summed E-state index contributed by atoms with van der Waals surface area (Å²) in [4.78, 5) is 24.2. The van der Waals surface area contributed by atoms with E-state index in [1.54, 1.807) is 31.3 Å². The summed E-state index contributed by atoms with van der Waals surface area (Å²) in [5.41, 5.74) is 0.948. The summed E-state index contributed by atoms with van der Waals surface area (Å²) < 4.78 is 41.3. The van der Waals surface area contributed by atoms with E-state index in [4.69, 9.17) is 0 Å². The number of ketones is 1. The molecule has 168 valence electrons. The highest BCUT2D eigenvalue weighted by atomic mass is 32.2. The summed E-state index contributed by atoms with van der Waals surface area (Å²) in [6, 6.07) is 8.90. The number of carbonyl (C=O) groups excluding carboxylic acids is 1. The topological polar surface area (TPSA) is 104 Å². The minimum atomic E-state index is -3.69. The number of aromatic nitrogens is 2. The number of nitrogens with zero attached hydrogens (tertiary/aromatic N) is 3. The quantitative estimate of drug-likeness (QED) is 0.526. The first kappa shape index (κ1) is 22.1. The molecular weight excluding hydrogens is 433 g/mol. The van der Waals surface area contributed by atoms with Crippen LogP contribution in [-0.4, -0.2) is 56.1 Å². The molecule has 0 unspecified atom stereocenters. The van der Waals surface area contributed by atoms with Gasteiger partial charge >= 0.3 is 0 Å². The van der Waals surface area contributed by atoms with E-state index in [1.807, 2.05) is 0 Å². The molecule has 1 aliphatic heterocycles. The first-order valence-corrected chi connectivity index (χ1v) is 12.1. The van der Waals surface area contributed by atoms with Gasteiger partial charge in [0, 0.05) is 31.7 Å². The van der Waals surface area contributed by atoms with Crippen LogP contribution in [0.4, 0.5) is 15.9 Å². The Balaban J connectivity index is 1.65. The van der Waals surface area contributed by atoms with E-state index < -0.39 is 21.6 Å². The molecule has 0 saturated carbocycles. The largest absolute Gasteiger partial charge is 0.353 e.